The van der Waals surface area contributed by atoms with E-state index in [1.54, 1.807) is 23.1 Å². The first-order chi connectivity index (χ1) is 17.2. The number of para-hydroxylation sites is 2. The van der Waals surface area contributed by atoms with Gasteiger partial charge in [-0.25, -0.2) is 4.68 Å². The number of hydrogen-bond acceptors (Lipinski definition) is 5. The molecule has 0 radical (unpaired) electrons. The zero-order chi connectivity index (χ0) is 24.0. The second kappa shape index (κ2) is 10.4. The maximum Gasteiger partial charge on any atom is 0.270 e. The highest BCUT2D eigenvalue weighted by atomic mass is 16.3. The lowest BCUT2D eigenvalue weighted by Crippen LogP contribution is -2.46. The summed E-state index contributed by atoms with van der Waals surface area (Å²) in [5, 5.41) is 10.7. The van der Waals surface area contributed by atoms with Crippen LogP contribution in [-0.2, 0) is 4.79 Å². The van der Waals surface area contributed by atoms with Crippen LogP contribution < -0.4 is 10.6 Å². The molecule has 0 bridgehead atoms. The fourth-order valence-corrected chi connectivity index (χ4v) is 4.27. The van der Waals surface area contributed by atoms with Crippen LogP contribution in [0.1, 0.15) is 23.3 Å². The molecule has 1 saturated heterocycles. The number of furan rings is 1. The molecule has 1 fully saturated rings. The van der Waals surface area contributed by atoms with Gasteiger partial charge in [0.1, 0.15) is 11.4 Å². The summed E-state index contributed by atoms with van der Waals surface area (Å²) < 4.78 is 7.14. The standard InChI is InChI=1S/C27H27N5O3/c33-26(28-20-8-3-1-4-9-20)19-31-15-13-21(14-16-31)29-27(34)24-18-23(25-12-7-17-35-25)30-32(24)22-10-5-2-6-11-22/h1-12,17-18,21H,13-16,19H2,(H,28,33)(H,29,34). The smallest absolute Gasteiger partial charge is 0.270 e. The molecule has 1 aliphatic rings. The zero-order valence-corrected chi connectivity index (χ0v) is 19.3. The van der Waals surface area contributed by atoms with E-state index in [0.717, 1.165) is 37.3 Å². The van der Waals surface area contributed by atoms with E-state index in [1.807, 2.05) is 66.7 Å². The van der Waals surface area contributed by atoms with E-state index in [2.05, 4.69) is 20.6 Å². The van der Waals surface area contributed by atoms with Crippen molar-refractivity contribution < 1.29 is 14.0 Å². The predicted molar refractivity (Wildman–Crippen MR) is 133 cm³/mol. The Morgan fingerprint density at radius 3 is 2.34 bits per heavy atom. The number of piperidine rings is 1. The highest BCUT2D eigenvalue weighted by molar-refractivity contribution is 5.94. The van der Waals surface area contributed by atoms with Crippen LogP contribution in [0.4, 0.5) is 5.69 Å². The van der Waals surface area contributed by atoms with Gasteiger partial charge in [-0.3, -0.25) is 14.5 Å². The normalized spacial score (nSPS) is 14.5. The quantitative estimate of drug-likeness (QED) is 0.427. The van der Waals surface area contributed by atoms with Crippen molar-refractivity contribution in [2.24, 2.45) is 0 Å². The Bertz CT molecular complexity index is 1260. The molecular weight excluding hydrogens is 442 g/mol. The zero-order valence-electron chi connectivity index (χ0n) is 19.3. The van der Waals surface area contributed by atoms with Gasteiger partial charge < -0.3 is 15.1 Å². The summed E-state index contributed by atoms with van der Waals surface area (Å²) in [7, 11) is 0. The predicted octanol–water partition coefficient (Wildman–Crippen LogP) is 3.97. The number of carbonyl (C=O) groups is 2. The molecule has 2 aromatic heterocycles. The molecule has 8 nitrogen and oxygen atoms in total. The van der Waals surface area contributed by atoms with E-state index in [9.17, 15) is 9.59 Å². The third-order valence-corrected chi connectivity index (χ3v) is 6.06. The minimum Gasteiger partial charge on any atom is -0.463 e. The van der Waals surface area contributed by atoms with E-state index < -0.39 is 0 Å². The van der Waals surface area contributed by atoms with E-state index >= 15 is 0 Å². The molecule has 2 N–H and O–H groups in total. The van der Waals surface area contributed by atoms with Gasteiger partial charge in [-0.15, -0.1) is 0 Å². The van der Waals surface area contributed by atoms with Crippen molar-refractivity contribution in [3.63, 3.8) is 0 Å². The fourth-order valence-electron chi connectivity index (χ4n) is 4.27. The third-order valence-electron chi connectivity index (χ3n) is 6.06. The van der Waals surface area contributed by atoms with Crippen LogP contribution in [0.2, 0.25) is 0 Å². The molecule has 5 rings (SSSR count). The van der Waals surface area contributed by atoms with Crippen molar-refractivity contribution in [1.29, 1.82) is 0 Å². The summed E-state index contributed by atoms with van der Waals surface area (Å²) in [6, 6.07) is 24.4. The van der Waals surface area contributed by atoms with Gasteiger partial charge in [0, 0.05) is 30.9 Å². The van der Waals surface area contributed by atoms with E-state index in [0.29, 0.717) is 23.7 Å². The second-order valence-corrected chi connectivity index (χ2v) is 8.58. The van der Waals surface area contributed by atoms with Gasteiger partial charge in [-0.05, 0) is 49.2 Å². The largest absolute Gasteiger partial charge is 0.463 e. The van der Waals surface area contributed by atoms with Gasteiger partial charge in [0.05, 0.1) is 18.5 Å². The summed E-state index contributed by atoms with van der Waals surface area (Å²) in [6.45, 7) is 1.81. The molecule has 8 heteroatoms. The Hall–Kier alpha value is -4.17. The molecule has 2 amide bonds. The molecule has 3 heterocycles. The molecule has 1 aliphatic heterocycles. The maximum absolute atomic E-state index is 13.3. The summed E-state index contributed by atoms with van der Waals surface area (Å²) >= 11 is 0. The Kier molecular flexibility index (Phi) is 6.72. The molecule has 0 atom stereocenters. The van der Waals surface area contributed by atoms with Crippen LogP contribution in [0.3, 0.4) is 0 Å². The van der Waals surface area contributed by atoms with Crippen LogP contribution >= 0.6 is 0 Å². The first-order valence-corrected chi connectivity index (χ1v) is 11.7. The van der Waals surface area contributed by atoms with Crippen molar-refractivity contribution >= 4 is 17.5 Å². The van der Waals surface area contributed by atoms with Gasteiger partial charge in [0.2, 0.25) is 5.91 Å². The minimum absolute atomic E-state index is 0.0297. The van der Waals surface area contributed by atoms with Crippen molar-refractivity contribution in [3.05, 3.63) is 90.8 Å². The van der Waals surface area contributed by atoms with Crippen LogP contribution in [0.5, 0.6) is 0 Å². The molecule has 0 aliphatic carbocycles. The number of anilines is 1. The van der Waals surface area contributed by atoms with Gasteiger partial charge >= 0.3 is 0 Å². The van der Waals surface area contributed by atoms with Crippen molar-refractivity contribution in [2.75, 3.05) is 25.0 Å². The van der Waals surface area contributed by atoms with Crippen LogP contribution in [0.25, 0.3) is 17.1 Å². The number of amides is 2. The van der Waals surface area contributed by atoms with Crippen molar-refractivity contribution in [1.82, 2.24) is 20.0 Å². The lowest BCUT2D eigenvalue weighted by Gasteiger charge is -2.31. The van der Waals surface area contributed by atoms with E-state index in [-0.39, 0.29) is 17.9 Å². The first kappa shape index (κ1) is 22.6. The van der Waals surface area contributed by atoms with E-state index in [4.69, 9.17) is 4.42 Å². The fraction of sp³-hybridized carbons (Fsp3) is 0.222. The SMILES string of the molecule is O=C(CN1CCC(NC(=O)c2cc(-c3ccco3)nn2-c2ccccc2)CC1)Nc1ccccc1. The number of aromatic nitrogens is 2. The highest BCUT2D eigenvalue weighted by Crippen LogP contribution is 2.23. The lowest BCUT2D eigenvalue weighted by atomic mass is 10.0. The number of nitrogens with zero attached hydrogens (tertiary/aromatic N) is 3. The molecule has 0 saturated carbocycles. The van der Waals surface area contributed by atoms with Crippen LogP contribution in [0, 0.1) is 0 Å². The molecule has 4 aromatic rings. The molecule has 0 spiro atoms. The minimum atomic E-state index is -0.181. The first-order valence-electron chi connectivity index (χ1n) is 11.7. The Balaban J connectivity index is 1.21. The number of hydrogen-bond donors (Lipinski definition) is 2. The highest BCUT2D eigenvalue weighted by Gasteiger charge is 2.25. The Morgan fingerprint density at radius 2 is 1.66 bits per heavy atom. The summed E-state index contributed by atoms with van der Waals surface area (Å²) in [6.07, 6.45) is 3.13. The second-order valence-electron chi connectivity index (χ2n) is 8.58. The van der Waals surface area contributed by atoms with Gasteiger partial charge in [0.25, 0.3) is 5.91 Å². The average Bonchev–Trinajstić information content (AvgIpc) is 3.57. The number of carbonyl (C=O) groups excluding carboxylic acids is 2. The average molecular weight is 470 g/mol. The molecule has 2 aromatic carbocycles. The van der Waals surface area contributed by atoms with Crippen molar-refractivity contribution in [2.45, 2.75) is 18.9 Å². The van der Waals surface area contributed by atoms with Crippen molar-refractivity contribution in [3.8, 4) is 17.1 Å². The van der Waals surface area contributed by atoms with Gasteiger partial charge in [-0.1, -0.05) is 36.4 Å². The Labute approximate surface area is 203 Å². The molecular formula is C27H27N5O3. The monoisotopic (exact) mass is 469 g/mol. The Morgan fingerprint density at radius 1 is 0.943 bits per heavy atom. The number of likely N-dealkylation sites (tertiary alicyclic amines) is 1. The van der Waals surface area contributed by atoms with Gasteiger partial charge in [0.15, 0.2) is 5.76 Å². The van der Waals surface area contributed by atoms with E-state index in [1.165, 1.54) is 0 Å². The third kappa shape index (κ3) is 5.50. The lowest BCUT2D eigenvalue weighted by molar-refractivity contribution is -0.117. The van der Waals surface area contributed by atoms with Crippen LogP contribution in [-0.4, -0.2) is 52.2 Å². The molecule has 35 heavy (non-hydrogen) atoms. The van der Waals surface area contributed by atoms with Crippen LogP contribution in [0.15, 0.2) is 89.5 Å². The number of nitrogens with one attached hydrogen (secondary N) is 2. The maximum atomic E-state index is 13.3. The number of rotatable bonds is 7. The summed E-state index contributed by atoms with van der Waals surface area (Å²) in [5.41, 5.74) is 2.65. The number of benzene rings is 2. The molecule has 0 unspecified atom stereocenters. The van der Waals surface area contributed by atoms with Gasteiger partial charge in [-0.2, -0.15) is 5.10 Å². The molecule has 178 valence electrons. The summed E-state index contributed by atoms with van der Waals surface area (Å²) in [4.78, 5) is 27.7. The topological polar surface area (TPSA) is 92.4 Å². The summed E-state index contributed by atoms with van der Waals surface area (Å²) in [5.74, 6) is 0.395.